The Morgan fingerprint density at radius 1 is 1.11 bits per heavy atom. The zero-order chi connectivity index (χ0) is 24.4. The summed E-state index contributed by atoms with van der Waals surface area (Å²) in [5.74, 6) is 1.59. The summed E-state index contributed by atoms with van der Waals surface area (Å²) in [7, 11) is 1.65. The highest BCUT2D eigenvalue weighted by atomic mass is 16.5. The molecule has 4 aromatic rings. The van der Waals surface area contributed by atoms with Gasteiger partial charge in [-0.3, -0.25) is 4.79 Å². The van der Waals surface area contributed by atoms with Crippen LogP contribution in [0.25, 0.3) is 16.7 Å². The van der Waals surface area contributed by atoms with Gasteiger partial charge in [0, 0.05) is 19.3 Å². The number of anilines is 1. The second kappa shape index (κ2) is 9.74. The number of aryl methyl sites for hydroxylation is 1. The van der Waals surface area contributed by atoms with E-state index in [1.165, 1.54) is 5.56 Å². The number of hydrogen-bond donors (Lipinski definition) is 1. The molecule has 8 nitrogen and oxygen atoms in total. The van der Waals surface area contributed by atoms with Gasteiger partial charge in [0.25, 0.3) is 0 Å². The van der Waals surface area contributed by atoms with Crippen molar-refractivity contribution in [3.05, 3.63) is 72.2 Å². The van der Waals surface area contributed by atoms with Crippen LogP contribution in [0.5, 0.6) is 5.75 Å². The van der Waals surface area contributed by atoms with E-state index in [1.807, 2.05) is 54.2 Å². The zero-order valence-electron chi connectivity index (χ0n) is 20.3. The molecule has 35 heavy (non-hydrogen) atoms. The van der Waals surface area contributed by atoms with E-state index < -0.39 is 0 Å². The molecule has 0 bridgehead atoms. The second-order valence-electron chi connectivity index (χ2n) is 9.13. The molecule has 2 aromatic heterocycles. The minimum Gasteiger partial charge on any atom is -0.497 e. The molecule has 0 spiro atoms. The van der Waals surface area contributed by atoms with Crippen LogP contribution in [0.15, 0.2) is 61.1 Å². The van der Waals surface area contributed by atoms with Crippen LogP contribution < -0.4 is 15.0 Å². The number of nitrogens with one attached hydrogen (secondary N) is 1. The lowest BCUT2D eigenvalue weighted by molar-refractivity contribution is -0.125. The maximum atomic E-state index is 13.2. The van der Waals surface area contributed by atoms with Crippen LogP contribution in [-0.4, -0.2) is 45.9 Å². The van der Waals surface area contributed by atoms with Gasteiger partial charge in [0.05, 0.1) is 30.1 Å². The van der Waals surface area contributed by atoms with Crippen molar-refractivity contribution >= 4 is 22.8 Å². The molecule has 1 fully saturated rings. The third kappa shape index (κ3) is 4.82. The molecule has 1 N–H and O–H groups in total. The first-order chi connectivity index (χ1) is 17.0. The molecular formula is C27H30N6O2. The fourth-order valence-electron chi connectivity index (χ4n) is 4.60. The van der Waals surface area contributed by atoms with Crippen molar-refractivity contribution in [2.45, 2.75) is 32.7 Å². The molecule has 1 amide bonds. The van der Waals surface area contributed by atoms with E-state index in [2.05, 4.69) is 44.3 Å². The lowest BCUT2D eigenvalue weighted by Crippen LogP contribution is -2.44. The quantitative estimate of drug-likeness (QED) is 0.454. The highest BCUT2D eigenvalue weighted by Crippen LogP contribution is 2.28. The number of nitrogens with zero attached hydrogens (tertiary/aromatic N) is 5. The summed E-state index contributed by atoms with van der Waals surface area (Å²) >= 11 is 0. The van der Waals surface area contributed by atoms with Crippen LogP contribution in [0, 0.1) is 12.8 Å². The van der Waals surface area contributed by atoms with Gasteiger partial charge in [0.1, 0.15) is 17.9 Å². The molecule has 1 saturated heterocycles. The van der Waals surface area contributed by atoms with Gasteiger partial charge in [-0.05, 0) is 56.5 Å². The lowest BCUT2D eigenvalue weighted by Gasteiger charge is -2.33. The Balaban J connectivity index is 1.32. The third-order valence-electron chi connectivity index (χ3n) is 6.66. The Bertz CT molecular complexity index is 1320. The monoisotopic (exact) mass is 470 g/mol. The molecule has 2 aromatic carbocycles. The van der Waals surface area contributed by atoms with Crippen LogP contribution >= 0.6 is 0 Å². The predicted molar refractivity (Wildman–Crippen MR) is 136 cm³/mol. The number of carbonyl (C=O) groups is 1. The van der Waals surface area contributed by atoms with Gasteiger partial charge in [0.2, 0.25) is 5.91 Å². The molecule has 2 atom stereocenters. The van der Waals surface area contributed by atoms with Crippen LogP contribution in [-0.2, 0) is 4.79 Å². The number of rotatable bonds is 6. The zero-order valence-corrected chi connectivity index (χ0v) is 20.3. The first-order valence-corrected chi connectivity index (χ1v) is 12.0. The lowest BCUT2D eigenvalue weighted by atomic mass is 9.96. The Labute approximate surface area is 205 Å². The van der Waals surface area contributed by atoms with E-state index in [-0.39, 0.29) is 17.9 Å². The molecule has 180 valence electrons. The highest BCUT2D eigenvalue weighted by molar-refractivity contribution is 5.87. The SMILES string of the molecule is COc1ccc([C@H](C)NC(=O)[C@H]2CCCN(c3ncnc4nn(-c5ccc(C)cc5)cc34)C2)cc1. The van der Waals surface area contributed by atoms with E-state index in [0.29, 0.717) is 12.2 Å². The molecule has 1 aliphatic heterocycles. The van der Waals surface area contributed by atoms with E-state index in [9.17, 15) is 4.79 Å². The van der Waals surface area contributed by atoms with Gasteiger partial charge in [-0.15, -0.1) is 5.10 Å². The van der Waals surface area contributed by atoms with E-state index >= 15 is 0 Å². The Morgan fingerprint density at radius 2 is 1.89 bits per heavy atom. The molecule has 0 saturated carbocycles. The van der Waals surface area contributed by atoms with Crippen molar-refractivity contribution in [1.29, 1.82) is 0 Å². The summed E-state index contributed by atoms with van der Waals surface area (Å²) in [6.07, 6.45) is 5.31. The van der Waals surface area contributed by atoms with Gasteiger partial charge in [-0.25, -0.2) is 14.6 Å². The molecule has 5 rings (SSSR count). The number of methoxy groups -OCH3 is 1. The van der Waals surface area contributed by atoms with Gasteiger partial charge >= 0.3 is 0 Å². The fraction of sp³-hybridized carbons (Fsp3) is 0.333. The average Bonchev–Trinajstić information content (AvgIpc) is 3.33. The van der Waals surface area contributed by atoms with Crippen molar-refractivity contribution in [2.75, 3.05) is 25.1 Å². The summed E-state index contributed by atoms with van der Waals surface area (Å²) in [5.41, 5.74) is 3.87. The summed E-state index contributed by atoms with van der Waals surface area (Å²) in [6.45, 7) is 5.53. The van der Waals surface area contributed by atoms with Gasteiger partial charge in [0.15, 0.2) is 5.65 Å². The minimum absolute atomic E-state index is 0.0682. The smallest absolute Gasteiger partial charge is 0.225 e. The Kier molecular flexibility index (Phi) is 6.35. The van der Waals surface area contributed by atoms with E-state index in [1.54, 1.807) is 13.4 Å². The number of fused-ring (bicyclic) bond motifs is 1. The number of carbonyl (C=O) groups excluding carboxylic acids is 1. The summed E-state index contributed by atoms with van der Waals surface area (Å²) < 4.78 is 7.07. The molecule has 3 heterocycles. The summed E-state index contributed by atoms with van der Waals surface area (Å²) in [4.78, 5) is 24.3. The van der Waals surface area contributed by atoms with Crippen LogP contribution in [0.2, 0.25) is 0 Å². The van der Waals surface area contributed by atoms with E-state index in [4.69, 9.17) is 4.74 Å². The number of piperidine rings is 1. The molecular weight excluding hydrogens is 440 g/mol. The third-order valence-corrected chi connectivity index (χ3v) is 6.66. The average molecular weight is 471 g/mol. The maximum absolute atomic E-state index is 13.2. The van der Waals surface area contributed by atoms with Crippen molar-refractivity contribution in [1.82, 2.24) is 25.1 Å². The van der Waals surface area contributed by atoms with Crippen molar-refractivity contribution in [3.8, 4) is 11.4 Å². The molecule has 0 radical (unpaired) electrons. The predicted octanol–water partition coefficient (Wildman–Crippen LogP) is 4.23. The Hall–Kier alpha value is -3.94. The standard InChI is InChI=1S/C27H30N6O2/c1-18-6-10-22(11-7-18)33-16-24-25(31-33)28-17-29-26(24)32-14-4-5-21(15-32)27(34)30-19(2)20-8-12-23(35-3)13-9-20/h6-13,16-17,19,21H,4-5,14-15H2,1-3H3,(H,30,34)/t19-,21-/m0/s1. The topological polar surface area (TPSA) is 85.2 Å². The Morgan fingerprint density at radius 3 is 2.63 bits per heavy atom. The van der Waals surface area contributed by atoms with Gasteiger partial charge < -0.3 is 15.0 Å². The number of ether oxygens (including phenoxy) is 1. The first-order valence-electron chi connectivity index (χ1n) is 12.0. The number of aromatic nitrogens is 4. The molecule has 0 aliphatic carbocycles. The summed E-state index contributed by atoms with van der Waals surface area (Å²) in [5, 5.41) is 8.73. The maximum Gasteiger partial charge on any atom is 0.225 e. The first kappa shape index (κ1) is 22.8. The fourth-order valence-corrected chi connectivity index (χ4v) is 4.60. The number of hydrogen-bond acceptors (Lipinski definition) is 6. The highest BCUT2D eigenvalue weighted by Gasteiger charge is 2.29. The second-order valence-corrected chi connectivity index (χ2v) is 9.13. The molecule has 1 aliphatic rings. The van der Waals surface area contributed by atoms with E-state index in [0.717, 1.165) is 47.6 Å². The van der Waals surface area contributed by atoms with Crippen LogP contribution in [0.3, 0.4) is 0 Å². The molecule has 0 unspecified atom stereocenters. The largest absolute Gasteiger partial charge is 0.497 e. The number of benzene rings is 2. The van der Waals surface area contributed by atoms with Crippen LogP contribution in [0.4, 0.5) is 5.82 Å². The van der Waals surface area contributed by atoms with Crippen molar-refractivity contribution in [2.24, 2.45) is 5.92 Å². The minimum atomic E-state index is -0.110. The van der Waals surface area contributed by atoms with Crippen molar-refractivity contribution < 1.29 is 9.53 Å². The van der Waals surface area contributed by atoms with Gasteiger partial charge in [-0.2, -0.15) is 0 Å². The number of amides is 1. The van der Waals surface area contributed by atoms with Crippen molar-refractivity contribution in [3.63, 3.8) is 0 Å². The normalized spacial score (nSPS) is 16.8. The van der Waals surface area contributed by atoms with Crippen LogP contribution in [0.1, 0.15) is 36.9 Å². The van der Waals surface area contributed by atoms with Gasteiger partial charge in [-0.1, -0.05) is 29.8 Å². The summed E-state index contributed by atoms with van der Waals surface area (Å²) in [6, 6.07) is 15.9. The molecule has 8 heteroatoms.